The van der Waals surface area contributed by atoms with Gasteiger partial charge in [-0.1, -0.05) is 12.1 Å². The van der Waals surface area contributed by atoms with Gasteiger partial charge in [0.2, 0.25) is 0 Å². The predicted molar refractivity (Wildman–Crippen MR) is 119 cm³/mol. The lowest BCUT2D eigenvalue weighted by atomic mass is 9.89. The minimum absolute atomic E-state index is 0.305. The van der Waals surface area contributed by atoms with Crippen molar-refractivity contribution >= 4 is 28.5 Å². The number of hydrogen-bond donors (Lipinski definition) is 1. The van der Waals surface area contributed by atoms with Gasteiger partial charge in [-0.2, -0.15) is 0 Å². The standard InChI is InChI=1S/C23H28FN3O2S/c1-25-21-5-2-4-19-20-16-26(12-10-22(20)27(13-14-28)23(19)21)11-3-15-30(29)18-8-6-17(24)7-9-18/h2,4-9,14,20,22,25H,3,10-13,15-16H2,1H3. The Labute approximate surface area is 179 Å². The Balaban J connectivity index is 1.39. The quantitative estimate of drug-likeness (QED) is 0.653. The van der Waals surface area contributed by atoms with Crippen molar-refractivity contribution in [3.8, 4) is 0 Å². The largest absolute Gasteiger partial charge is 0.386 e. The molecule has 2 heterocycles. The number of benzene rings is 2. The minimum Gasteiger partial charge on any atom is -0.386 e. The molecule has 5 nitrogen and oxygen atoms in total. The van der Waals surface area contributed by atoms with Crippen LogP contribution in [0, 0.1) is 5.82 Å². The summed E-state index contributed by atoms with van der Waals surface area (Å²) in [6, 6.07) is 12.6. The van der Waals surface area contributed by atoms with Crippen molar-refractivity contribution in [3.63, 3.8) is 0 Å². The van der Waals surface area contributed by atoms with E-state index in [0.29, 0.717) is 29.2 Å². The second kappa shape index (κ2) is 9.27. The number of halogens is 1. The van der Waals surface area contributed by atoms with E-state index in [-0.39, 0.29) is 5.82 Å². The highest BCUT2D eigenvalue weighted by Gasteiger charge is 2.42. The predicted octanol–water partition coefficient (Wildman–Crippen LogP) is 3.24. The summed E-state index contributed by atoms with van der Waals surface area (Å²) in [7, 11) is 0.822. The molecule has 1 saturated heterocycles. The number of nitrogens with one attached hydrogen (secondary N) is 1. The van der Waals surface area contributed by atoms with Crippen LogP contribution in [-0.4, -0.2) is 60.4 Å². The van der Waals surface area contributed by atoms with Gasteiger partial charge in [0.05, 0.1) is 28.7 Å². The average Bonchev–Trinajstić information content (AvgIpc) is 3.08. The number of nitrogens with zero attached hydrogens (tertiary/aromatic N) is 2. The van der Waals surface area contributed by atoms with Crippen LogP contribution in [0.4, 0.5) is 15.8 Å². The van der Waals surface area contributed by atoms with Gasteiger partial charge in [-0.05, 0) is 55.3 Å². The topological polar surface area (TPSA) is 52.7 Å². The van der Waals surface area contributed by atoms with Gasteiger partial charge >= 0.3 is 0 Å². The average molecular weight is 430 g/mol. The van der Waals surface area contributed by atoms with Gasteiger partial charge in [0, 0.05) is 42.7 Å². The maximum absolute atomic E-state index is 13.0. The third-order valence-corrected chi connectivity index (χ3v) is 7.69. The monoisotopic (exact) mass is 429 g/mol. The number of carbonyl (C=O) groups excluding carboxylic acids is 1. The van der Waals surface area contributed by atoms with Gasteiger partial charge in [-0.3, -0.25) is 4.21 Å². The molecular weight excluding hydrogens is 401 g/mol. The van der Waals surface area contributed by atoms with Crippen molar-refractivity contribution in [1.82, 2.24) is 4.90 Å². The van der Waals surface area contributed by atoms with Crippen LogP contribution in [0.1, 0.15) is 24.3 Å². The summed E-state index contributed by atoms with van der Waals surface area (Å²) in [5, 5.41) is 3.27. The first kappa shape index (κ1) is 21.0. The van der Waals surface area contributed by atoms with E-state index in [1.807, 2.05) is 7.05 Å². The Morgan fingerprint density at radius 1 is 1.23 bits per heavy atom. The fraction of sp³-hybridized carbons (Fsp3) is 0.435. The van der Waals surface area contributed by atoms with E-state index in [0.717, 1.165) is 44.4 Å². The van der Waals surface area contributed by atoms with Gasteiger partial charge in [0.25, 0.3) is 0 Å². The molecule has 3 unspecified atom stereocenters. The molecule has 1 N–H and O–H groups in total. The molecule has 30 heavy (non-hydrogen) atoms. The second-order valence-corrected chi connectivity index (χ2v) is 9.50. The van der Waals surface area contributed by atoms with Crippen LogP contribution >= 0.6 is 0 Å². The first-order valence-corrected chi connectivity index (χ1v) is 11.8. The number of hydrogen-bond acceptors (Lipinski definition) is 5. The fourth-order valence-corrected chi connectivity index (χ4v) is 5.93. The van der Waals surface area contributed by atoms with Gasteiger partial charge in [0.1, 0.15) is 12.1 Å². The molecule has 0 amide bonds. The normalized spacial score (nSPS) is 21.7. The molecule has 4 rings (SSSR count). The van der Waals surface area contributed by atoms with Crippen LogP contribution in [-0.2, 0) is 15.6 Å². The number of fused-ring (bicyclic) bond motifs is 3. The third-order valence-electron chi connectivity index (χ3n) is 6.24. The van der Waals surface area contributed by atoms with Crippen molar-refractivity contribution in [2.75, 3.05) is 49.2 Å². The van der Waals surface area contributed by atoms with Gasteiger partial charge in [0.15, 0.2) is 0 Å². The number of rotatable bonds is 8. The number of aldehydes is 1. The molecule has 0 bridgehead atoms. The molecule has 1 fully saturated rings. The summed E-state index contributed by atoms with van der Waals surface area (Å²) >= 11 is 0. The van der Waals surface area contributed by atoms with Crippen molar-refractivity contribution in [2.45, 2.75) is 29.7 Å². The van der Waals surface area contributed by atoms with E-state index in [1.54, 1.807) is 12.1 Å². The first-order valence-electron chi connectivity index (χ1n) is 10.5. The smallest absolute Gasteiger partial charge is 0.139 e. The highest BCUT2D eigenvalue weighted by atomic mass is 32.2. The summed E-state index contributed by atoms with van der Waals surface area (Å²) in [6.07, 6.45) is 2.84. The third kappa shape index (κ3) is 4.14. The molecule has 0 aromatic heterocycles. The number of carbonyl (C=O) groups is 1. The Morgan fingerprint density at radius 3 is 2.77 bits per heavy atom. The summed E-state index contributed by atoms with van der Waals surface area (Å²) in [6.45, 7) is 3.24. The van der Waals surface area contributed by atoms with Crippen molar-refractivity contribution in [3.05, 3.63) is 53.8 Å². The molecule has 2 aliphatic rings. The first-order chi connectivity index (χ1) is 14.6. The van der Waals surface area contributed by atoms with Gasteiger partial charge in [-0.15, -0.1) is 0 Å². The number of para-hydroxylation sites is 1. The van der Waals surface area contributed by atoms with Crippen LogP contribution in [0.2, 0.25) is 0 Å². The second-order valence-electron chi connectivity index (χ2n) is 7.93. The zero-order valence-electron chi connectivity index (χ0n) is 17.2. The molecule has 0 aliphatic carbocycles. The molecule has 2 aromatic carbocycles. The van der Waals surface area contributed by atoms with Crippen LogP contribution in [0.25, 0.3) is 0 Å². The Hall–Kier alpha value is -2.25. The van der Waals surface area contributed by atoms with E-state index >= 15 is 0 Å². The van der Waals surface area contributed by atoms with Crippen LogP contribution in [0.5, 0.6) is 0 Å². The van der Waals surface area contributed by atoms with Crippen molar-refractivity contribution in [2.24, 2.45) is 0 Å². The van der Waals surface area contributed by atoms with Crippen molar-refractivity contribution in [1.29, 1.82) is 0 Å². The number of piperidine rings is 1. The highest BCUT2D eigenvalue weighted by molar-refractivity contribution is 7.85. The van der Waals surface area contributed by atoms with E-state index < -0.39 is 10.8 Å². The number of anilines is 2. The van der Waals surface area contributed by atoms with Gasteiger partial charge < -0.3 is 19.9 Å². The summed E-state index contributed by atoms with van der Waals surface area (Å²) in [4.78, 5) is 16.7. The zero-order valence-corrected chi connectivity index (χ0v) is 18.0. The van der Waals surface area contributed by atoms with Crippen molar-refractivity contribution < 1.29 is 13.4 Å². The zero-order chi connectivity index (χ0) is 21.1. The molecule has 3 atom stereocenters. The SMILES string of the molecule is CNc1cccc2c1N(CC=O)C1CCN(CCCS(=O)c3ccc(F)cc3)CC21. The van der Waals surface area contributed by atoms with Crippen LogP contribution in [0.15, 0.2) is 47.4 Å². The highest BCUT2D eigenvalue weighted by Crippen LogP contribution is 2.47. The maximum atomic E-state index is 13.0. The Kier molecular flexibility index (Phi) is 6.49. The van der Waals surface area contributed by atoms with Crippen LogP contribution in [0.3, 0.4) is 0 Å². The maximum Gasteiger partial charge on any atom is 0.139 e. The lowest BCUT2D eigenvalue weighted by Gasteiger charge is -2.38. The fourth-order valence-electron chi connectivity index (χ4n) is 4.87. The minimum atomic E-state index is -1.10. The van der Waals surface area contributed by atoms with Gasteiger partial charge in [-0.25, -0.2) is 4.39 Å². The molecule has 7 heteroatoms. The molecular formula is C23H28FN3O2S. The molecule has 0 spiro atoms. The van der Waals surface area contributed by atoms with E-state index in [9.17, 15) is 13.4 Å². The lowest BCUT2D eigenvalue weighted by Crippen LogP contribution is -2.47. The summed E-state index contributed by atoms with van der Waals surface area (Å²) in [5.74, 6) is 0.652. The van der Waals surface area contributed by atoms with E-state index in [4.69, 9.17) is 0 Å². The summed E-state index contributed by atoms with van der Waals surface area (Å²) < 4.78 is 25.5. The Bertz CT molecular complexity index is 921. The summed E-state index contributed by atoms with van der Waals surface area (Å²) in [5.41, 5.74) is 3.56. The molecule has 0 radical (unpaired) electrons. The Morgan fingerprint density at radius 2 is 2.03 bits per heavy atom. The number of likely N-dealkylation sites (tertiary alicyclic amines) is 1. The molecule has 0 saturated carbocycles. The van der Waals surface area contributed by atoms with E-state index in [2.05, 4.69) is 33.3 Å². The van der Waals surface area contributed by atoms with Crippen LogP contribution < -0.4 is 10.2 Å². The molecule has 160 valence electrons. The lowest BCUT2D eigenvalue weighted by molar-refractivity contribution is -0.106. The van der Waals surface area contributed by atoms with E-state index in [1.165, 1.54) is 23.4 Å². The molecule has 2 aliphatic heterocycles. The molecule has 2 aromatic rings.